The number of nitrogens with zero attached hydrogens (tertiary/aromatic N) is 1. The quantitative estimate of drug-likeness (QED) is 0.249. The number of hydrogen-bond acceptors (Lipinski definition) is 1. The fraction of sp³-hybridized carbons (Fsp3) is 0.314. The van der Waals surface area contributed by atoms with E-state index in [0.29, 0.717) is 0 Å². The molecule has 1 nitrogen and oxygen atoms in total. The van der Waals surface area contributed by atoms with Gasteiger partial charge in [-0.05, 0) is 94.8 Å². The van der Waals surface area contributed by atoms with Crippen molar-refractivity contribution in [2.45, 2.75) is 64.3 Å². The van der Waals surface area contributed by atoms with Crippen LogP contribution < -0.4 is 4.90 Å². The second-order valence-electron chi connectivity index (χ2n) is 12.3. The Balaban J connectivity index is 1.39. The fourth-order valence-corrected chi connectivity index (χ4v) is 7.96. The van der Waals surface area contributed by atoms with Gasteiger partial charge in [0.25, 0.3) is 0 Å². The lowest BCUT2D eigenvalue weighted by Gasteiger charge is -2.59. The van der Waals surface area contributed by atoms with Crippen molar-refractivity contribution < 1.29 is 0 Å². The third kappa shape index (κ3) is 2.72. The van der Waals surface area contributed by atoms with Crippen molar-refractivity contribution in [1.29, 1.82) is 0 Å². The van der Waals surface area contributed by atoms with Crippen LogP contribution in [0.3, 0.4) is 0 Å². The first-order valence-electron chi connectivity index (χ1n) is 13.5. The molecular weight excluding hydrogens is 434 g/mol. The molecule has 0 N–H and O–H groups in total. The van der Waals surface area contributed by atoms with E-state index in [1.807, 2.05) is 0 Å². The summed E-state index contributed by atoms with van der Waals surface area (Å²) in [4.78, 5) is 2.69. The van der Waals surface area contributed by atoms with Gasteiger partial charge in [-0.15, -0.1) is 0 Å². The van der Waals surface area contributed by atoms with Gasteiger partial charge in [0.1, 0.15) is 0 Å². The van der Waals surface area contributed by atoms with Crippen LogP contribution >= 0.6 is 0 Å². The minimum atomic E-state index is 0.000138. The Morgan fingerprint density at radius 3 is 2.17 bits per heavy atom. The van der Waals surface area contributed by atoms with Gasteiger partial charge in [-0.2, -0.15) is 0 Å². The van der Waals surface area contributed by atoms with Gasteiger partial charge < -0.3 is 4.90 Å². The first-order valence-corrected chi connectivity index (χ1v) is 13.5. The molecule has 2 aliphatic carbocycles. The molecule has 36 heavy (non-hydrogen) atoms. The third-order valence-corrected chi connectivity index (χ3v) is 10.3. The van der Waals surface area contributed by atoms with Crippen LogP contribution in [0.5, 0.6) is 0 Å². The predicted molar refractivity (Wildman–Crippen MR) is 152 cm³/mol. The molecule has 2 atom stereocenters. The topological polar surface area (TPSA) is 3.24 Å². The van der Waals surface area contributed by atoms with E-state index in [9.17, 15) is 0 Å². The van der Waals surface area contributed by atoms with Crippen molar-refractivity contribution in [3.63, 3.8) is 0 Å². The lowest BCUT2D eigenvalue weighted by atomic mass is 9.51. The maximum atomic E-state index is 2.69. The van der Waals surface area contributed by atoms with Gasteiger partial charge >= 0.3 is 0 Å². The molecule has 180 valence electrons. The zero-order valence-electron chi connectivity index (χ0n) is 21.9. The smallest absolute Gasteiger partial charge is 0.0568 e. The van der Waals surface area contributed by atoms with Crippen molar-refractivity contribution in [2.75, 3.05) is 4.90 Å². The van der Waals surface area contributed by atoms with Crippen molar-refractivity contribution >= 4 is 11.4 Å². The molecule has 4 aromatic rings. The molecule has 1 saturated carbocycles. The Bertz CT molecular complexity index is 1500. The lowest BCUT2D eigenvalue weighted by molar-refractivity contribution is 0.0484. The average molecular weight is 470 g/mol. The van der Waals surface area contributed by atoms with E-state index in [1.54, 1.807) is 0 Å². The minimum Gasteiger partial charge on any atom is -0.334 e. The molecule has 3 aliphatic rings. The zero-order chi connectivity index (χ0) is 24.7. The van der Waals surface area contributed by atoms with Crippen LogP contribution in [0.25, 0.3) is 22.3 Å². The summed E-state index contributed by atoms with van der Waals surface area (Å²) >= 11 is 0. The summed E-state index contributed by atoms with van der Waals surface area (Å²) in [6.07, 6.45) is 4.80. The van der Waals surface area contributed by atoms with Crippen molar-refractivity contribution in [2.24, 2.45) is 5.41 Å². The Hall–Kier alpha value is -3.32. The Morgan fingerprint density at radius 2 is 1.33 bits per heavy atom. The van der Waals surface area contributed by atoms with E-state index in [1.165, 1.54) is 69.6 Å². The van der Waals surface area contributed by atoms with Crippen LogP contribution in [0.15, 0.2) is 91.0 Å². The number of hydrogen-bond donors (Lipinski definition) is 0. The van der Waals surface area contributed by atoms with Crippen LogP contribution in [-0.2, 0) is 11.8 Å². The first-order chi connectivity index (χ1) is 17.3. The molecular formula is C35H35N. The van der Waals surface area contributed by atoms with Crippen LogP contribution in [0.2, 0.25) is 0 Å². The highest BCUT2D eigenvalue weighted by Gasteiger charge is 2.64. The molecule has 0 aromatic heterocycles. The lowest BCUT2D eigenvalue weighted by Crippen LogP contribution is -2.64. The SMILES string of the molecule is CC1(C)CCCC2(C)c3cc(-c4ccc5c(c4)Cc4ccccc4-5)ccc3N(c3ccccc3)C12C. The standard InChI is InChI=1S/C35H35N/c1-33(2)19-10-20-34(3)31-23-25(16-18-32(31)36(35(33,34)4)28-12-6-5-7-13-28)24-15-17-30-27(21-24)22-26-11-8-9-14-29(26)30/h5-9,11-18,21,23H,10,19-20,22H2,1-4H3. The first kappa shape index (κ1) is 21.9. The van der Waals surface area contributed by atoms with Crippen molar-refractivity contribution in [3.8, 4) is 22.3 Å². The number of fused-ring (bicyclic) bond motifs is 6. The van der Waals surface area contributed by atoms with Crippen molar-refractivity contribution in [3.05, 3.63) is 108 Å². The third-order valence-electron chi connectivity index (χ3n) is 10.3. The minimum absolute atomic E-state index is 0.000138. The van der Waals surface area contributed by atoms with Gasteiger partial charge in [-0.1, -0.05) is 93.9 Å². The molecule has 0 radical (unpaired) electrons. The maximum Gasteiger partial charge on any atom is 0.0568 e. The van der Waals surface area contributed by atoms with E-state index in [-0.39, 0.29) is 16.4 Å². The monoisotopic (exact) mass is 469 g/mol. The van der Waals surface area contributed by atoms with Gasteiger partial charge in [0.2, 0.25) is 0 Å². The highest BCUT2D eigenvalue weighted by atomic mass is 15.3. The van der Waals surface area contributed by atoms with Gasteiger partial charge in [-0.25, -0.2) is 0 Å². The van der Waals surface area contributed by atoms with E-state index in [2.05, 4.69) is 124 Å². The summed E-state index contributed by atoms with van der Waals surface area (Å²) < 4.78 is 0. The summed E-state index contributed by atoms with van der Waals surface area (Å²) in [6.45, 7) is 10.1. The van der Waals surface area contributed by atoms with Gasteiger partial charge in [0.05, 0.1) is 5.54 Å². The van der Waals surface area contributed by atoms with E-state index in [4.69, 9.17) is 0 Å². The molecule has 4 aromatic carbocycles. The molecule has 1 aliphatic heterocycles. The highest BCUT2D eigenvalue weighted by molar-refractivity contribution is 5.83. The number of benzene rings is 4. The van der Waals surface area contributed by atoms with E-state index in [0.717, 1.165) is 6.42 Å². The molecule has 7 rings (SSSR count). The van der Waals surface area contributed by atoms with Crippen LogP contribution in [0, 0.1) is 5.41 Å². The molecule has 1 heteroatoms. The normalized spacial score (nSPS) is 25.2. The Morgan fingerprint density at radius 1 is 0.639 bits per heavy atom. The van der Waals surface area contributed by atoms with Gasteiger partial charge in [0.15, 0.2) is 0 Å². The summed E-state index contributed by atoms with van der Waals surface area (Å²) in [6, 6.07) is 34.3. The molecule has 1 fully saturated rings. The molecule has 0 saturated heterocycles. The molecule has 0 amide bonds. The highest BCUT2D eigenvalue weighted by Crippen LogP contribution is 2.66. The predicted octanol–water partition coefficient (Wildman–Crippen LogP) is 9.30. The van der Waals surface area contributed by atoms with E-state index < -0.39 is 0 Å². The summed E-state index contributed by atoms with van der Waals surface area (Å²) in [5, 5.41) is 0. The zero-order valence-corrected chi connectivity index (χ0v) is 21.9. The van der Waals surface area contributed by atoms with Crippen LogP contribution in [0.1, 0.15) is 63.6 Å². The Kier molecular flexibility index (Phi) is 4.48. The van der Waals surface area contributed by atoms with Gasteiger partial charge in [-0.3, -0.25) is 0 Å². The number of para-hydroxylation sites is 1. The van der Waals surface area contributed by atoms with Crippen LogP contribution in [0.4, 0.5) is 11.4 Å². The second-order valence-corrected chi connectivity index (χ2v) is 12.3. The second kappa shape index (κ2) is 7.35. The summed E-state index contributed by atoms with van der Waals surface area (Å²) in [7, 11) is 0. The largest absolute Gasteiger partial charge is 0.334 e. The Labute approximate surface area is 215 Å². The van der Waals surface area contributed by atoms with Gasteiger partial charge in [0, 0.05) is 16.8 Å². The average Bonchev–Trinajstić information content (AvgIpc) is 3.35. The maximum absolute atomic E-state index is 2.69. The summed E-state index contributed by atoms with van der Waals surface area (Å²) in [5.41, 5.74) is 12.9. The molecule has 1 heterocycles. The number of rotatable bonds is 2. The molecule has 2 unspecified atom stereocenters. The molecule has 0 bridgehead atoms. The number of anilines is 2. The molecule has 0 spiro atoms. The fourth-order valence-electron chi connectivity index (χ4n) is 7.96. The van der Waals surface area contributed by atoms with E-state index >= 15 is 0 Å². The van der Waals surface area contributed by atoms with Crippen LogP contribution in [-0.4, -0.2) is 5.54 Å². The summed E-state index contributed by atoms with van der Waals surface area (Å²) in [5.74, 6) is 0. The van der Waals surface area contributed by atoms with Crippen molar-refractivity contribution in [1.82, 2.24) is 0 Å².